The molecular formula is C15H22N2O. The zero-order valence-electron chi connectivity index (χ0n) is 10.9. The summed E-state index contributed by atoms with van der Waals surface area (Å²) in [6.45, 7) is 4.85. The molecule has 0 spiro atoms. The smallest absolute Gasteiger partial charge is 0.0469 e. The average molecular weight is 246 g/mol. The van der Waals surface area contributed by atoms with E-state index in [2.05, 4.69) is 23.1 Å². The van der Waals surface area contributed by atoms with Crippen molar-refractivity contribution in [3.63, 3.8) is 0 Å². The summed E-state index contributed by atoms with van der Waals surface area (Å²) in [5.74, 6) is 0.788. The Balaban J connectivity index is 1.76. The summed E-state index contributed by atoms with van der Waals surface area (Å²) in [7, 11) is 0. The van der Waals surface area contributed by atoms with Gasteiger partial charge in [0.15, 0.2) is 0 Å². The van der Waals surface area contributed by atoms with Gasteiger partial charge in [-0.05, 0) is 36.3 Å². The maximum Gasteiger partial charge on any atom is 0.0469 e. The topological polar surface area (TPSA) is 38.5 Å². The largest absolute Gasteiger partial charge is 0.381 e. The molecule has 0 saturated carbocycles. The Labute approximate surface area is 109 Å². The minimum atomic E-state index is 0.646. The normalized spacial score (nSPS) is 20.2. The first kappa shape index (κ1) is 12.0. The number of nitrogens with two attached hydrogens (primary N) is 1. The zero-order chi connectivity index (χ0) is 12.4. The Morgan fingerprint density at radius 1 is 1.28 bits per heavy atom. The van der Waals surface area contributed by atoms with Gasteiger partial charge in [0.25, 0.3) is 0 Å². The van der Waals surface area contributed by atoms with Crippen LogP contribution in [0.5, 0.6) is 0 Å². The summed E-state index contributed by atoms with van der Waals surface area (Å²) in [5, 5.41) is 0. The van der Waals surface area contributed by atoms with Gasteiger partial charge < -0.3 is 15.4 Å². The van der Waals surface area contributed by atoms with Crippen LogP contribution in [0.25, 0.3) is 0 Å². The summed E-state index contributed by atoms with van der Waals surface area (Å²) < 4.78 is 5.44. The van der Waals surface area contributed by atoms with Gasteiger partial charge in [-0.1, -0.05) is 18.2 Å². The lowest BCUT2D eigenvalue weighted by Crippen LogP contribution is -2.31. The van der Waals surface area contributed by atoms with E-state index in [4.69, 9.17) is 10.5 Å². The van der Waals surface area contributed by atoms with Crippen molar-refractivity contribution in [1.82, 2.24) is 0 Å². The monoisotopic (exact) mass is 246 g/mol. The second-order valence-electron chi connectivity index (χ2n) is 5.38. The van der Waals surface area contributed by atoms with Crippen LogP contribution in [-0.2, 0) is 17.7 Å². The highest BCUT2D eigenvalue weighted by Gasteiger charge is 2.25. The third-order valence-corrected chi connectivity index (χ3v) is 4.21. The molecule has 0 unspecified atom stereocenters. The highest BCUT2D eigenvalue weighted by atomic mass is 16.5. The first-order valence-electron chi connectivity index (χ1n) is 7.02. The number of fused-ring (bicyclic) bond motifs is 1. The van der Waals surface area contributed by atoms with Gasteiger partial charge in [0.1, 0.15) is 0 Å². The second-order valence-corrected chi connectivity index (χ2v) is 5.38. The van der Waals surface area contributed by atoms with E-state index in [0.29, 0.717) is 6.54 Å². The molecule has 3 rings (SSSR count). The molecule has 0 aliphatic carbocycles. The lowest BCUT2D eigenvalue weighted by Gasteiger charge is -2.29. The van der Waals surface area contributed by atoms with Crippen LogP contribution in [0, 0.1) is 5.92 Å². The predicted molar refractivity (Wildman–Crippen MR) is 73.8 cm³/mol. The molecule has 1 fully saturated rings. The minimum absolute atomic E-state index is 0.646. The summed E-state index contributed by atoms with van der Waals surface area (Å²) in [6.07, 6.45) is 3.58. The first-order valence-corrected chi connectivity index (χ1v) is 7.02. The Hall–Kier alpha value is -1.06. The summed E-state index contributed by atoms with van der Waals surface area (Å²) in [5.41, 5.74) is 10.1. The molecule has 98 valence electrons. The zero-order valence-corrected chi connectivity index (χ0v) is 10.9. The molecule has 1 saturated heterocycles. The predicted octanol–water partition coefficient (Wildman–Crippen LogP) is 1.93. The van der Waals surface area contributed by atoms with Crippen LogP contribution in [0.1, 0.15) is 24.0 Å². The number of rotatable bonds is 3. The van der Waals surface area contributed by atoms with Gasteiger partial charge in [0, 0.05) is 38.5 Å². The molecular weight excluding hydrogens is 224 g/mol. The van der Waals surface area contributed by atoms with E-state index in [1.807, 2.05) is 0 Å². The number of hydrogen-bond acceptors (Lipinski definition) is 3. The molecule has 2 heterocycles. The Morgan fingerprint density at radius 2 is 2.11 bits per heavy atom. The molecule has 18 heavy (non-hydrogen) atoms. The fraction of sp³-hybridized carbons (Fsp3) is 0.600. The van der Waals surface area contributed by atoms with Crippen LogP contribution in [-0.4, -0.2) is 26.3 Å². The lowest BCUT2D eigenvalue weighted by molar-refractivity contribution is 0.0683. The van der Waals surface area contributed by atoms with Crippen molar-refractivity contribution in [2.24, 2.45) is 11.7 Å². The highest BCUT2D eigenvalue weighted by molar-refractivity contribution is 5.63. The maximum atomic E-state index is 5.87. The lowest BCUT2D eigenvalue weighted by atomic mass is 9.99. The molecule has 0 radical (unpaired) electrons. The Bertz CT molecular complexity index is 413. The average Bonchev–Trinajstić information content (AvgIpc) is 2.83. The van der Waals surface area contributed by atoms with Crippen LogP contribution in [0.2, 0.25) is 0 Å². The van der Waals surface area contributed by atoms with E-state index in [1.54, 1.807) is 0 Å². The van der Waals surface area contributed by atoms with E-state index in [-0.39, 0.29) is 0 Å². The van der Waals surface area contributed by atoms with E-state index in [1.165, 1.54) is 42.6 Å². The molecule has 1 aromatic carbocycles. The minimum Gasteiger partial charge on any atom is -0.381 e. The van der Waals surface area contributed by atoms with Crippen LogP contribution < -0.4 is 10.6 Å². The molecule has 2 N–H and O–H groups in total. The van der Waals surface area contributed by atoms with E-state index < -0.39 is 0 Å². The summed E-state index contributed by atoms with van der Waals surface area (Å²) in [4.78, 5) is 2.55. The molecule has 3 heteroatoms. The second kappa shape index (κ2) is 5.29. The quantitative estimate of drug-likeness (QED) is 0.885. The van der Waals surface area contributed by atoms with Gasteiger partial charge in [-0.2, -0.15) is 0 Å². The summed E-state index contributed by atoms with van der Waals surface area (Å²) in [6, 6.07) is 6.55. The number of hydrogen-bond donors (Lipinski definition) is 1. The third-order valence-electron chi connectivity index (χ3n) is 4.21. The standard InChI is InChI=1S/C15H22N2O/c16-10-14-3-1-2-13-4-7-17(15(13)14)11-12-5-8-18-9-6-12/h1-3,12H,4-11,16H2. The van der Waals surface area contributed by atoms with Gasteiger partial charge in [-0.15, -0.1) is 0 Å². The molecule has 0 amide bonds. The number of ether oxygens (including phenoxy) is 1. The molecule has 0 bridgehead atoms. The fourth-order valence-electron chi connectivity index (χ4n) is 3.21. The number of anilines is 1. The van der Waals surface area contributed by atoms with Crippen molar-refractivity contribution in [3.8, 4) is 0 Å². The van der Waals surface area contributed by atoms with Gasteiger partial charge >= 0.3 is 0 Å². The van der Waals surface area contributed by atoms with E-state index >= 15 is 0 Å². The number of benzene rings is 1. The first-order chi connectivity index (χ1) is 8.88. The van der Waals surface area contributed by atoms with Crippen molar-refractivity contribution in [3.05, 3.63) is 29.3 Å². The van der Waals surface area contributed by atoms with E-state index in [9.17, 15) is 0 Å². The number of para-hydroxylation sites is 1. The van der Waals surface area contributed by atoms with Crippen LogP contribution in [0.3, 0.4) is 0 Å². The highest BCUT2D eigenvalue weighted by Crippen LogP contribution is 2.33. The number of nitrogens with zero attached hydrogens (tertiary/aromatic N) is 1. The van der Waals surface area contributed by atoms with Gasteiger partial charge in [-0.25, -0.2) is 0 Å². The third kappa shape index (κ3) is 2.25. The van der Waals surface area contributed by atoms with Crippen molar-refractivity contribution >= 4 is 5.69 Å². The van der Waals surface area contributed by atoms with Crippen molar-refractivity contribution < 1.29 is 4.74 Å². The SMILES string of the molecule is NCc1cccc2c1N(CC1CCOCC1)CC2. The summed E-state index contributed by atoms with van der Waals surface area (Å²) >= 11 is 0. The van der Waals surface area contributed by atoms with Crippen LogP contribution in [0.15, 0.2) is 18.2 Å². The van der Waals surface area contributed by atoms with Crippen LogP contribution in [0.4, 0.5) is 5.69 Å². The Kier molecular flexibility index (Phi) is 3.52. The molecule has 2 aliphatic heterocycles. The molecule has 0 atom stereocenters. The van der Waals surface area contributed by atoms with Crippen LogP contribution >= 0.6 is 0 Å². The van der Waals surface area contributed by atoms with Crippen molar-refractivity contribution in [2.45, 2.75) is 25.8 Å². The maximum absolute atomic E-state index is 5.87. The van der Waals surface area contributed by atoms with Gasteiger partial charge in [0.05, 0.1) is 0 Å². The van der Waals surface area contributed by atoms with Crippen molar-refractivity contribution in [1.29, 1.82) is 0 Å². The van der Waals surface area contributed by atoms with Crippen molar-refractivity contribution in [2.75, 3.05) is 31.2 Å². The molecule has 1 aromatic rings. The Morgan fingerprint density at radius 3 is 2.89 bits per heavy atom. The molecule has 2 aliphatic rings. The van der Waals surface area contributed by atoms with Gasteiger partial charge in [0.2, 0.25) is 0 Å². The van der Waals surface area contributed by atoms with E-state index in [0.717, 1.165) is 25.7 Å². The van der Waals surface area contributed by atoms with Gasteiger partial charge in [-0.3, -0.25) is 0 Å². The fourth-order valence-corrected chi connectivity index (χ4v) is 3.21. The molecule has 3 nitrogen and oxygen atoms in total. The molecule has 0 aromatic heterocycles.